The number of hydrogen-bond acceptors (Lipinski definition) is 4. The van der Waals surface area contributed by atoms with Crippen molar-refractivity contribution >= 4 is 29.1 Å². The van der Waals surface area contributed by atoms with Crippen LogP contribution < -0.4 is 0 Å². The SMILES string of the molecule is O=[N+]([O-])c1cc(=S)c2ccccc2o1. The minimum absolute atomic E-state index is 0.325. The largest absolute Gasteiger partial charge is 0.434 e. The third-order valence-electron chi connectivity index (χ3n) is 1.80. The van der Waals surface area contributed by atoms with Gasteiger partial charge in [0.2, 0.25) is 0 Å². The van der Waals surface area contributed by atoms with Crippen molar-refractivity contribution in [3.63, 3.8) is 0 Å². The molecular weight excluding hydrogens is 202 g/mol. The zero-order valence-electron chi connectivity index (χ0n) is 6.97. The normalized spacial score (nSPS) is 10.3. The molecule has 2 aromatic rings. The number of rotatable bonds is 1. The summed E-state index contributed by atoms with van der Waals surface area (Å²) in [5, 5.41) is 11.2. The van der Waals surface area contributed by atoms with Crippen LogP contribution in [-0.4, -0.2) is 4.92 Å². The molecule has 4 nitrogen and oxygen atoms in total. The van der Waals surface area contributed by atoms with E-state index >= 15 is 0 Å². The third kappa shape index (κ3) is 1.38. The molecule has 0 fully saturated rings. The average Bonchev–Trinajstić information content (AvgIpc) is 2.17. The molecule has 5 heteroatoms. The molecule has 70 valence electrons. The predicted molar refractivity (Wildman–Crippen MR) is 53.7 cm³/mol. The molecule has 0 aliphatic rings. The van der Waals surface area contributed by atoms with Gasteiger partial charge in [0.05, 0.1) is 10.6 Å². The number of para-hydroxylation sites is 1. The van der Waals surface area contributed by atoms with Crippen molar-refractivity contribution in [3.05, 3.63) is 45.0 Å². The fourth-order valence-corrected chi connectivity index (χ4v) is 1.45. The van der Waals surface area contributed by atoms with Crippen LogP contribution in [0, 0.1) is 14.6 Å². The molecule has 1 aromatic heterocycles. The Morgan fingerprint density at radius 2 is 2.07 bits per heavy atom. The first-order valence-corrected chi connectivity index (χ1v) is 4.26. The lowest BCUT2D eigenvalue weighted by Gasteiger charge is -1.95. The molecule has 0 aliphatic heterocycles. The molecule has 0 saturated carbocycles. The van der Waals surface area contributed by atoms with Gasteiger partial charge in [-0.2, -0.15) is 0 Å². The molecule has 1 heterocycles. The van der Waals surface area contributed by atoms with Gasteiger partial charge < -0.3 is 4.42 Å². The van der Waals surface area contributed by atoms with Crippen LogP contribution in [0.1, 0.15) is 0 Å². The van der Waals surface area contributed by atoms with Crippen molar-refractivity contribution in [1.82, 2.24) is 0 Å². The van der Waals surface area contributed by atoms with Gasteiger partial charge in [-0.1, -0.05) is 24.4 Å². The summed E-state index contributed by atoms with van der Waals surface area (Å²) in [5.41, 5.74) is 0.437. The number of nitrogens with zero attached hydrogens (tertiary/aromatic N) is 1. The highest BCUT2D eigenvalue weighted by atomic mass is 32.1. The summed E-state index contributed by atoms with van der Waals surface area (Å²) in [7, 11) is 0. The number of hydrogen-bond donors (Lipinski definition) is 0. The van der Waals surface area contributed by atoms with Gasteiger partial charge in [-0.3, -0.25) is 10.1 Å². The van der Waals surface area contributed by atoms with E-state index in [-0.39, 0.29) is 5.88 Å². The third-order valence-corrected chi connectivity index (χ3v) is 2.14. The maximum atomic E-state index is 10.5. The predicted octanol–water partition coefficient (Wildman–Crippen LogP) is 3.07. The van der Waals surface area contributed by atoms with Crippen LogP contribution in [0.3, 0.4) is 0 Å². The van der Waals surface area contributed by atoms with Gasteiger partial charge in [-0.15, -0.1) is 0 Å². The Morgan fingerprint density at radius 3 is 2.79 bits per heavy atom. The van der Waals surface area contributed by atoms with Gasteiger partial charge in [0, 0.05) is 5.39 Å². The molecule has 0 saturated heterocycles. The lowest BCUT2D eigenvalue weighted by atomic mass is 10.2. The number of benzene rings is 1. The van der Waals surface area contributed by atoms with Gasteiger partial charge in [-0.05, 0) is 12.1 Å². The van der Waals surface area contributed by atoms with Crippen LogP contribution in [0.2, 0.25) is 0 Å². The molecule has 0 aliphatic carbocycles. The molecule has 2 rings (SSSR count). The summed E-state index contributed by atoms with van der Waals surface area (Å²) in [5.74, 6) is -0.325. The lowest BCUT2D eigenvalue weighted by Crippen LogP contribution is -1.87. The molecule has 0 N–H and O–H groups in total. The highest BCUT2D eigenvalue weighted by molar-refractivity contribution is 7.71. The zero-order chi connectivity index (χ0) is 10.1. The van der Waals surface area contributed by atoms with Gasteiger partial charge in [0.1, 0.15) is 10.5 Å². The summed E-state index contributed by atoms with van der Waals surface area (Å²) in [4.78, 5) is 9.87. The minimum Gasteiger partial charge on any atom is -0.401 e. The first kappa shape index (κ1) is 8.83. The maximum Gasteiger partial charge on any atom is 0.434 e. The van der Waals surface area contributed by atoms with Crippen LogP contribution >= 0.6 is 12.2 Å². The molecule has 0 bridgehead atoms. The van der Waals surface area contributed by atoms with Crippen LogP contribution in [0.4, 0.5) is 5.88 Å². The van der Waals surface area contributed by atoms with E-state index in [1.807, 2.05) is 0 Å². The molecule has 1 aromatic carbocycles. The number of fused-ring (bicyclic) bond motifs is 1. The van der Waals surface area contributed by atoms with Gasteiger partial charge >= 0.3 is 5.88 Å². The summed E-state index contributed by atoms with van der Waals surface area (Å²) >= 11 is 5.00. The van der Waals surface area contributed by atoms with Crippen molar-refractivity contribution in [2.45, 2.75) is 0 Å². The Labute approximate surface area is 83.9 Å². The monoisotopic (exact) mass is 207 g/mol. The van der Waals surface area contributed by atoms with Crippen LogP contribution in [0.25, 0.3) is 11.0 Å². The van der Waals surface area contributed by atoms with Gasteiger partial charge in [0.25, 0.3) is 0 Å². The van der Waals surface area contributed by atoms with Crippen molar-refractivity contribution in [1.29, 1.82) is 0 Å². The standard InChI is InChI=1S/C9H5NO3S/c11-10(12)9-5-8(14)6-3-1-2-4-7(6)13-9/h1-5H. The van der Waals surface area contributed by atoms with Gasteiger partial charge in [-0.25, -0.2) is 0 Å². The van der Waals surface area contributed by atoms with E-state index in [4.69, 9.17) is 16.6 Å². The molecule has 0 unspecified atom stereocenters. The maximum absolute atomic E-state index is 10.5. The van der Waals surface area contributed by atoms with E-state index in [0.717, 1.165) is 0 Å². The summed E-state index contributed by atoms with van der Waals surface area (Å²) < 4.78 is 5.47. The summed E-state index contributed by atoms with van der Waals surface area (Å²) in [6.07, 6.45) is 0. The Hall–Kier alpha value is -1.75. The smallest absolute Gasteiger partial charge is 0.401 e. The average molecular weight is 207 g/mol. The molecule has 0 atom stereocenters. The summed E-state index contributed by atoms with van der Waals surface area (Å²) in [6.45, 7) is 0. The van der Waals surface area contributed by atoms with Crippen molar-refractivity contribution < 1.29 is 9.34 Å². The fourth-order valence-electron chi connectivity index (χ4n) is 1.18. The fraction of sp³-hybridized carbons (Fsp3) is 0. The summed E-state index contributed by atoms with van der Waals surface area (Å²) in [6, 6.07) is 8.21. The molecule has 0 spiro atoms. The molecule has 0 amide bonds. The Kier molecular flexibility index (Phi) is 2.01. The second kappa shape index (κ2) is 3.19. The first-order valence-electron chi connectivity index (χ1n) is 3.86. The highest BCUT2D eigenvalue weighted by Gasteiger charge is 2.10. The molecule has 0 radical (unpaired) electrons. The van der Waals surface area contributed by atoms with Crippen molar-refractivity contribution in [2.75, 3.05) is 0 Å². The Bertz CT molecular complexity index is 561. The lowest BCUT2D eigenvalue weighted by molar-refractivity contribution is -0.402. The van der Waals surface area contributed by atoms with E-state index in [1.54, 1.807) is 24.3 Å². The van der Waals surface area contributed by atoms with Gasteiger partial charge in [0.15, 0.2) is 0 Å². The van der Waals surface area contributed by atoms with E-state index in [2.05, 4.69) is 0 Å². The van der Waals surface area contributed by atoms with Crippen molar-refractivity contribution in [3.8, 4) is 0 Å². The van der Waals surface area contributed by atoms with E-state index in [9.17, 15) is 10.1 Å². The zero-order valence-corrected chi connectivity index (χ0v) is 7.78. The van der Waals surface area contributed by atoms with Crippen LogP contribution in [-0.2, 0) is 0 Å². The van der Waals surface area contributed by atoms with E-state index < -0.39 is 4.92 Å². The number of nitro groups is 1. The van der Waals surface area contributed by atoms with E-state index in [0.29, 0.717) is 15.5 Å². The van der Waals surface area contributed by atoms with Crippen LogP contribution in [0.5, 0.6) is 0 Å². The van der Waals surface area contributed by atoms with Crippen LogP contribution in [0.15, 0.2) is 34.7 Å². The Balaban J connectivity index is 2.86. The Morgan fingerprint density at radius 1 is 1.36 bits per heavy atom. The highest BCUT2D eigenvalue weighted by Crippen LogP contribution is 2.21. The minimum atomic E-state index is -0.595. The van der Waals surface area contributed by atoms with Crippen molar-refractivity contribution in [2.24, 2.45) is 0 Å². The second-order valence-electron chi connectivity index (χ2n) is 2.70. The van der Waals surface area contributed by atoms with E-state index in [1.165, 1.54) is 6.07 Å². The molecular formula is C9H5NO3S. The first-order chi connectivity index (χ1) is 6.68. The second-order valence-corrected chi connectivity index (χ2v) is 3.14. The molecule has 14 heavy (non-hydrogen) atoms. The topological polar surface area (TPSA) is 56.3 Å². The quantitative estimate of drug-likeness (QED) is 0.409.